The zero-order chi connectivity index (χ0) is 12.7. The number of methoxy groups -OCH3 is 1. The highest BCUT2D eigenvalue weighted by Crippen LogP contribution is 2.03. The van der Waals surface area contributed by atoms with E-state index in [-0.39, 0.29) is 12.1 Å². The van der Waals surface area contributed by atoms with Crippen LogP contribution in [0.25, 0.3) is 0 Å². The predicted octanol–water partition coefficient (Wildman–Crippen LogP) is 0.250. The molecule has 0 aliphatic rings. The highest BCUT2D eigenvalue weighted by molar-refractivity contribution is 5.67. The van der Waals surface area contributed by atoms with Crippen molar-refractivity contribution in [3.05, 3.63) is 18.1 Å². The minimum Gasteiger partial charge on any atom is -0.481 e. The number of anilines is 1. The predicted molar refractivity (Wildman–Crippen MR) is 58.3 cm³/mol. The van der Waals surface area contributed by atoms with Gasteiger partial charge in [0.15, 0.2) is 5.69 Å². The van der Waals surface area contributed by atoms with Gasteiger partial charge in [-0.3, -0.25) is 4.79 Å². The molecule has 2 N–H and O–H groups in total. The number of nitrogens with zero attached hydrogens (tertiary/aromatic N) is 3. The van der Waals surface area contributed by atoms with Gasteiger partial charge in [-0.25, -0.2) is 9.97 Å². The Morgan fingerprint density at radius 3 is 2.88 bits per heavy atom. The molecule has 17 heavy (non-hydrogen) atoms. The molecule has 0 fully saturated rings. The first-order chi connectivity index (χ1) is 8.15. The number of nitrogens with one attached hydrogen (secondary N) is 1. The number of carboxylic acid groups (broad SMARTS) is 1. The van der Waals surface area contributed by atoms with Gasteiger partial charge in [-0.2, -0.15) is 5.26 Å². The standard InChI is InChI=1S/C10H12N4O3/c1-17-8(2-10(15)16)5-14-9-6-12-7(3-11)4-13-9/h4,6,8H,2,5H2,1H3,(H,13,14)(H,15,16). The molecule has 1 heterocycles. The summed E-state index contributed by atoms with van der Waals surface area (Å²) in [6.45, 7) is 0.309. The number of carbonyl (C=O) groups is 1. The summed E-state index contributed by atoms with van der Waals surface area (Å²) in [6.07, 6.45) is 2.21. The molecule has 90 valence electrons. The molecule has 1 aromatic rings. The summed E-state index contributed by atoms with van der Waals surface area (Å²) in [5.41, 5.74) is 0.226. The van der Waals surface area contributed by atoms with E-state index >= 15 is 0 Å². The molecular formula is C10H12N4O3. The zero-order valence-corrected chi connectivity index (χ0v) is 9.25. The number of hydrogen-bond acceptors (Lipinski definition) is 6. The number of aliphatic carboxylic acids is 1. The van der Waals surface area contributed by atoms with Crippen molar-refractivity contribution in [1.29, 1.82) is 5.26 Å². The maximum Gasteiger partial charge on any atom is 0.306 e. The van der Waals surface area contributed by atoms with Crippen molar-refractivity contribution in [3.63, 3.8) is 0 Å². The molecule has 0 aromatic carbocycles. The highest BCUT2D eigenvalue weighted by atomic mass is 16.5. The van der Waals surface area contributed by atoms with Crippen LogP contribution in [0.4, 0.5) is 5.82 Å². The Balaban J connectivity index is 2.48. The Morgan fingerprint density at radius 1 is 1.65 bits per heavy atom. The van der Waals surface area contributed by atoms with Crippen molar-refractivity contribution in [1.82, 2.24) is 9.97 Å². The molecule has 0 spiro atoms. The summed E-state index contributed by atoms with van der Waals surface area (Å²) in [4.78, 5) is 18.2. The normalized spacial score (nSPS) is 11.5. The zero-order valence-electron chi connectivity index (χ0n) is 9.25. The van der Waals surface area contributed by atoms with Gasteiger partial charge >= 0.3 is 5.97 Å². The lowest BCUT2D eigenvalue weighted by atomic mass is 10.2. The smallest absolute Gasteiger partial charge is 0.306 e. The van der Waals surface area contributed by atoms with E-state index in [2.05, 4.69) is 15.3 Å². The van der Waals surface area contributed by atoms with Gasteiger partial charge in [-0.15, -0.1) is 0 Å². The SMILES string of the molecule is COC(CNc1cnc(C#N)cn1)CC(=O)O. The summed E-state index contributed by atoms with van der Waals surface area (Å²) in [7, 11) is 1.44. The second-order valence-electron chi connectivity index (χ2n) is 3.24. The van der Waals surface area contributed by atoms with Crippen molar-refractivity contribution < 1.29 is 14.6 Å². The van der Waals surface area contributed by atoms with E-state index in [4.69, 9.17) is 15.1 Å². The Bertz CT molecular complexity index is 413. The van der Waals surface area contributed by atoms with Crippen LogP contribution in [0.15, 0.2) is 12.4 Å². The minimum absolute atomic E-state index is 0.0901. The third kappa shape index (κ3) is 4.44. The van der Waals surface area contributed by atoms with Gasteiger partial charge in [0.25, 0.3) is 0 Å². The molecule has 1 rings (SSSR count). The fourth-order valence-corrected chi connectivity index (χ4v) is 1.13. The first kappa shape index (κ1) is 12.9. The molecule has 1 aromatic heterocycles. The van der Waals surface area contributed by atoms with E-state index in [0.717, 1.165) is 0 Å². The van der Waals surface area contributed by atoms with Crippen LogP contribution in [0.5, 0.6) is 0 Å². The Kier molecular flexibility index (Phi) is 4.84. The average Bonchev–Trinajstić information content (AvgIpc) is 2.34. The Morgan fingerprint density at radius 2 is 2.41 bits per heavy atom. The van der Waals surface area contributed by atoms with Crippen LogP contribution in [-0.2, 0) is 9.53 Å². The lowest BCUT2D eigenvalue weighted by Gasteiger charge is -2.13. The van der Waals surface area contributed by atoms with Crippen molar-refractivity contribution >= 4 is 11.8 Å². The largest absolute Gasteiger partial charge is 0.481 e. The van der Waals surface area contributed by atoms with Crippen molar-refractivity contribution in [2.45, 2.75) is 12.5 Å². The summed E-state index contributed by atoms with van der Waals surface area (Å²) < 4.78 is 4.98. The van der Waals surface area contributed by atoms with Gasteiger partial charge in [0.05, 0.1) is 24.9 Å². The average molecular weight is 236 g/mol. The third-order valence-electron chi connectivity index (χ3n) is 2.01. The molecule has 0 aliphatic carbocycles. The minimum atomic E-state index is -0.926. The summed E-state index contributed by atoms with van der Waals surface area (Å²) in [5, 5.41) is 20.0. The third-order valence-corrected chi connectivity index (χ3v) is 2.01. The lowest BCUT2D eigenvalue weighted by molar-refractivity contribution is -0.139. The fraction of sp³-hybridized carbons (Fsp3) is 0.400. The second-order valence-corrected chi connectivity index (χ2v) is 3.24. The van der Waals surface area contributed by atoms with Crippen LogP contribution in [-0.4, -0.2) is 40.8 Å². The molecule has 1 unspecified atom stereocenters. The molecule has 0 saturated heterocycles. The Hall–Kier alpha value is -2.20. The van der Waals surface area contributed by atoms with Crippen LogP contribution >= 0.6 is 0 Å². The van der Waals surface area contributed by atoms with Crippen LogP contribution in [0.2, 0.25) is 0 Å². The molecule has 0 aliphatic heterocycles. The van der Waals surface area contributed by atoms with Crippen molar-refractivity contribution in [2.24, 2.45) is 0 Å². The van der Waals surface area contributed by atoms with Crippen LogP contribution in [0, 0.1) is 11.3 Å². The van der Waals surface area contributed by atoms with E-state index < -0.39 is 12.1 Å². The number of carboxylic acids is 1. The first-order valence-electron chi connectivity index (χ1n) is 4.86. The van der Waals surface area contributed by atoms with E-state index in [9.17, 15) is 4.79 Å². The molecule has 0 bridgehead atoms. The summed E-state index contributed by atoms with van der Waals surface area (Å²) >= 11 is 0. The quantitative estimate of drug-likeness (QED) is 0.728. The fourth-order valence-electron chi connectivity index (χ4n) is 1.13. The summed E-state index contributed by atoms with van der Waals surface area (Å²) in [6, 6.07) is 1.85. The summed E-state index contributed by atoms with van der Waals surface area (Å²) in [5.74, 6) is -0.457. The molecule has 0 amide bonds. The molecule has 0 saturated carbocycles. The molecule has 1 atom stereocenters. The van der Waals surface area contributed by atoms with Gasteiger partial charge < -0.3 is 15.2 Å². The molecule has 7 heteroatoms. The van der Waals surface area contributed by atoms with Crippen LogP contribution in [0.1, 0.15) is 12.1 Å². The number of nitriles is 1. The molecule has 0 radical (unpaired) electrons. The van der Waals surface area contributed by atoms with Gasteiger partial charge in [0, 0.05) is 13.7 Å². The van der Waals surface area contributed by atoms with Crippen molar-refractivity contribution in [2.75, 3.05) is 19.0 Å². The van der Waals surface area contributed by atoms with E-state index in [1.54, 1.807) is 0 Å². The maximum atomic E-state index is 10.5. The maximum absolute atomic E-state index is 10.5. The number of rotatable bonds is 6. The first-order valence-corrected chi connectivity index (χ1v) is 4.86. The van der Waals surface area contributed by atoms with Crippen LogP contribution < -0.4 is 5.32 Å². The van der Waals surface area contributed by atoms with Gasteiger partial charge in [-0.1, -0.05) is 0 Å². The monoisotopic (exact) mass is 236 g/mol. The van der Waals surface area contributed by atoms with Gasteiger partial charge in [0.2, 0.25) is 0 Å². The lowest BCUT2D eigenvalue weighted by Crippen LogP contribution is -2.25. The Labute approximate surface area is 98.1 Å². The van der Waals surface area contributed by atoms with E-state index in [1.807, 2.05) is 6.07 Å². The number of aromatic nitrogens is 2. The number of ether oxygens (including phenoxy) is 1. The number of hydrogen-bond donors (Lipinski definition) is 2. The van der Waals surface area contributed by atoms with E-state index in [0.29, 0.717) is 12.4 Å². The topological polar surface area (TPSA) is 108 Å². The van der Waals surface area contributed by atoms with Gasteiger partial charge in [-0.05, 0) is 0 Å². The second kappa shape index (κ2) is 6.40. The van der Waals surface area contributed by atoms with Crippen LogP contribution in [0.3, 0.4) is 0 Å². The van der Waals surface area contributed by atoms with Gasteiger partial charge in [0.1, 0.15) is 11.9 Å². The van der Waals surface area contributed by atoms with Crippen molar-refractivity contribution in [3.8, 4) is 6.07 Å². The van der Waals surface area contributed by atoms with E-state index in [1.165, 1.54) is 19.5 Å². The highest BCUT2D eigenvalue weighted by Gasteiger charge is 2.12. The molecular weight excluding hydrogens is 224 g/mol. The molecule has 7 nitrogen and oxygen atoms in total.